The number of carbonyl (C=O) groups excluding carboxylic acids is 2. The molecule has 0 spiro atoms. The van der Waals surface area contributed by atoms with Crippen molar-refractivity contribution in [3.05, 3.63) is 49.6 Å². The molecule has 1 amide bonds. The van der Waals surface area contributed by atoms with E-state index in [0.717, 1.165) is 0 Å². The smallest absolute Gasteiger partial charge is 0.314 e. The molecule has 132 valence electrons. The lowest BCUT2D eigenvalue weighted by molar-refractivity contribution is -0.140. The molecular weight excluding hydrogens is 405 g/mol. The first kappa shape index (κ1) is 18.5. The van der Waals surface area contributed by atoms with Gasteiger partial charge in [0.25, 0.3) is 5.91 Å². The van der Waals surface area contributed by atoms with Crippen LogP contribution in [-0.2, 0) is 4.79 Å². The summed E-state index contributed by atoms with van der Waals surface area (Å²) < 4.78 is 5.38. The van der Waals surface area contributed by atoms with E-state index in [-0.39, 0.29) is 27.6 Å². The molecule has 0 radical (unpaired) electrons. The van der Waals surface area contributed by atoms with Crippen molar-refractivity contribution in [1.29, 1.82) is 0 Å². The fourth-order valence-corrected chi connectivity index (χ4v) is 4.22. The first-order valence-electron chi connectivity index (χ1n) is 7.63. The monoisotopic (exact) mass is 417 g/mol. The molecule has 0 unspecified atom stereocenters. The number of amides is 1. The summed E-state index contributed by atoms with van der Waals surface area (Å²) in [5.74, 6) is -0.575. The molecule has 1 aromatic heterocycles. The van der Waals surface area contributed by atoms with Crippen LogP contribution in [0.4, 0.5) is 0 Å². The summed E-state index contributed by atoms with van der Waals surface area (Å²) in [5, 5.41) is 4.45. The quantitative estimate of drug-likeness (QED) is 0.510. The van der Waals surface area contributed by atoms with Crippen molar-refractivity contribution in [2.75, 3.05) is 13.1 Å². The maximum atomic E-state index is 12.4. The third-order valence-electron chi connectivity index (χ3n) is 4.05. The SMILES string of the molecule is O=C(Oc1c(Cl)cc(Cl)cc1Cl)C1CCN(C(=O)c2ccsc2)CC1. The van der Waals surface area contributed by atoms with E-state index in [4.69, 9.17) is 39.5 Å². The Morgan fingerprint density at radius 2 is 1.76 bits per heavy atom. The number of rotatable bonds is 3. The van der Waals surface area contributed by atoms with Gasteiger partial charge in [0.15, 0.2) is 5.75 Å². The van der Waals surface area contributed by atoms with Gasteiger partial charge in [-0.25, -0.2) is 0 Å². The van der Waals surface area contributed by atoms with Gasteiger partial charge in [-0.3, -0.25) is 9.59 Å². The van der Waals surface area contributed by atoms with Gasteiger partial charge in [0.2, 0.25) is 0 Å². The molecular formula is C17H14Cl3NO3S. The van der Waals surface area contributed by atoms with Crippen molar-refractivity contribution >= 4 is 58.0 Å². The number of piperidine rings is 1. The van der Waals surface area contributed by atoms with Gasteiger partial charge in [-0.05, 0) is 36.4 Å². The van der Waals surface area contributed by atoms with E-state index in [9.17, 15) is 9.59 Å². The van der Waals surface area contributed by atoms with Gasteiger partial charge in [0.1, 0.15) is 0 Å². The predicted octanol–water partition coefficient (Wildman–Crippen LogP) is 5.17. The molecule has 1 aliphatic rings. The fourth-order valence-electron chi connectivity index (χ4n) is 2.70. The molecule has 0 atom stereocenters. The number of nitrogens with zero attached hydrogens (tertiary/aromatic N) is 1. The van der Waals surface area contributed by atoms with E-state index in [2.05, 4.69) is 0 Å². The highest BCUT2D eigenvalue weighted by Crippen LogP contribution is 2.36. The minimum absolute atomic E-state index is 0.00291. The largest absolute Gasteiger partial charge is 0.423 e. The van der Waals surface area contributed by atoms with Gasteiger partial charge in [-0.1, -0.05) is 34.8 Å². The molecule has 1 saturated heterocycles. The number of hydrogen-bond donors (Lipinski definition) is 0. The van der Waals surface area contributed by atoms with Gasteiger partial charge in [0.05, 0.1) is 21.5 Å². The minimum Gasteiger partial charge on any atom is -0.423 e. The number of carbonyl (C=O) groups is 2. The van der Waals surface area contributed by atoms with E-state index in [0.29, 0.717) is 36.5 Å². The third kappa shape index (κ3) is 4.29. The fraction of sp³-hybridized carbons (Fsp3) is 0.294. The normalized spacial score (nSPS) is 15.2. The lowest BCUT2D eigenvalue weighted by Crippen LogP contribution is -2.41. The number of likely N-dealkylation sites (tertiary alicyclic amines) is 1. The Morgan fingerprint density at radius 1 is 1.12 bits per heavy atom. The van der Waals surface area contributed by atoms with Crippen molar-refractivity contribution in [2.24, 2.45) is 5.92 Å². The molecule has 0 bridgehead atoms. The van der Waals surface area contributed by atoms with Crippen molar-refractivity contribution in [3.8, 4) is 5.75 Å². The van der Waals surface area contributed by atoms with Crippen LogP contribution in [0.25, 0.3) is 0 Å². The van der Waals surface area contributed by atoms with Gasteiger partial charge in [-0.2, -0.15) is 11.3 Å². The highest BCUT2D eigenvalue weighted by atomic mass is 35.5. The molecule has 4 nitrogen and oxygen atoms in total. The molecule has 0 saturated carbocycles. The second-order valence-corrected chi connectivity index (χ2v) is 7.73. The summed E-state index contributed by atoms with van der Waals surface area (Å²) in [6, 6.07) is 4.75. The molecule has 1 aliphatic heterocycles. The number of benzene rings is 1. The van der Waals surface area contributed by atoms with Crippen LogP contribution in [0.2, 0.25) is 15.1 Å². The molecule has 25 heavy (non-hydrogen) atoms. The van der Waals surface area contributed by atoms with Crippen molar-refractivity contribution in [3.63, 3.8) is 0 Å². The zero-order chi connectivity index (χ0) is 18.0. The lowest BCUT2D eigenvalue weighted by atomic mass is 9.96. The summed E-state index contributed by atoms with van der Waals surface area (Å²) in [4.78, 5) is 26.5. The Hall–Kier alpha value is -1.27. The standard InChI is InChI=1S/C17H14Cl3NO3S/c18-12-7-13(19)15(14(20)8-12)24-17(23)10-1-4-21(5-2-10)16(22)11-3-6-25-9-11/h3,6-10H,1-2,4-5H2. The van der Waals surface area contributed by atoms with E-state index < -0.39 is 5.97 Å². The van der Waals surface area contributed by atoms with Crippen molar-refractivity contribution in [2.45, 2.75) is 12.8 Å². The predicted molar refractivity (Wildman–Crippen MR) is 100 cm³/mol. The van der Waals surface area contributed by atoms with Crippen molar-refractivity contribution in [1.82, 2.24) is 4.90 Å². The van der Waals surface area contributed by atoms with Crippen LogP contribution in [0, 0.1) is 5.92 Å². The third-order valence-corrected chi connectivity index (χ3v) is 5.51. The molecule has 1 aromatic carbocycles. The number of ether oxygens (including phenoxy) is 1. The first-order chi connectivity index (χ1) is 12.0. The van der Waals surface area contributed by atoms with E-state index in [1.807, 2.05) is 10.8 Å². The molecule has 8 heteroatoms. The summed E-state index contributed by atoms with van der Waals surface area (Å²) in [6.45, 7) is 1.02. The zero-order valence-electron chi connectivity index (χ0n) is 13.0. The van der Waals surface area contributed by atoms with Gasteiger partial charge in [0, 0.05) is 23.5 Å². The first-order valence-corrected chi connectivity index (χ1v) is 9.71. The van der Waals surface area contributed by atoms with E-state index in [1.54, 1.807) is 11.0 Å². The highest BCUT2D eigenvalue weighted by molar-refractivity contribution is 7.08. The Morgan fingerprint density at radius 3 is 2.32 bits per heavy atom. The Kier molecular flexibility index (Phi) is 5.89. The van der Waals surface area contributed by atoms with Crippen LogP contribution in [0.15, 0.2) is 29.0 Å². The number of esters is 1. The molecule has 0 N–H and O–H groups in total. The van der Waals surface area contributed by atoms with Crippen LogP contribution in [0.3, 0.4) is 0 Å². The zero-order valence-corrected chi connectivity index (χ0v) is 16.1. The number of halogens is 3. The summed E-state index contributed by atoms with van der Waals surface area (Å²) in [7, 11) is 0. The molecule has 2 aromatic rings. The molecule has 3 rings (SSSR count). The number of thiophene rings is 1. The topological polar surface area (TPSA) is 46.6 Å². The average molecular weight is 419 g/mol. The Bertz CT molecular complexity index is 763. The highest BCUT2D eigenvalue weighted by Gasteiger charge is 2.30. The summed E-state index contributed by atoms with van der Waals surface area (Å²) in [5.41, 5.74) is 0.686. The van der Waals surface area contributed by atoms with Gasteiger partial charge in [-0.15, -0.1) is 0 Å². The van der Waals surface area contributed by atoms with Crippen LogP contribution in [-0.4, -0.2) is 29.9 Å². The van der Waals surface area contributed by atoms with Gasteiger partial charge < -0.3 is 9.64 Å². The molecule has 2 heterocycles. The molecule has 1 fully saturated rings. The average Bonchev–Trinajstić information content (AvgIpc) is 3.12. The maximum Gasteiger partial charge on any atom is 0.314 e. The Labute approximate surface area is 164 Å². The van der Waals surface area contributed by atoms with Crippen LogP contribution in [0.1, 0.15) is 23.2 Å². The summed E-state index contributed by atoms with van der Waals surface area (Å²) >= 11 is 19.4. The van der Waals surface area contributed by atoms with Crippen LogP contribution in [0.5, 0.6) is 5.75 Å². The second-order valence-electron chi connectivity index (χ2n) is 5.70. The van der Waals surface area contributed by atoms with Crippen LogP contribution < -0.4 is 4.74 Å². The van der Waals surface area contributed by atoms with Gasteiger partial charge >= 0.3 is 5.97 Å². The van der Waals surface area contributed by atoms with Crippen molar-refractivity contribution < 1.29 is 14.3 Å². The maximum absolute atomic E-state index is 12.4. The summed E-state index contributed by atoms with van der Waals surface area (Å²) in [6.07, 6.45) is 1.08. The number of hydrogen-bond acceptors (Lipinski definition) is 4. The molecule has 0 aliphatic carbocycles. The lowest BCUT2D eigenvalue weighted by Gasteiger charge is -2.30. The second kappa shape index (κ2) is 7.96. The van der Waals surface area contributed by atoms with E-state index >= 15 is 0 Å². The van der Waals surface area contributed by atoms with E-state index in [1.165, 1.54) is 23.5 Å². The van der Waals surface area contributed by atoms with Crippen LogP contribution >= 0.6 is 46.1 Å². The minimum atomic E-state index is -0.395. The Balaban J connectivity index is 1.60.